The fourth-order valence-electron chi connectivity index (χ4n) is 2.59. The van der Waals surface area contributed by atoms with E-state index >= 15 is 0 Å². The summed E-state index contributed by atoms with van der Waals surface area (Å²) >= 11 is 0. The third-order valence-corrected chi connectivity index (χ3v) is 5.36. The van der Waals surface area contributed by atoms with E-state index in [1.165, 1.54) is 31.4 Å². The highest BCUT2D eigenvalue weighted by Gasteiger charge is 2.17. The Labute approximate surface area is 152 Å². The predicted octanol–water partition coefficient (Wildman–Crippen LogP) is 3.83. The number of anilines is 1. The van der Waals surface area contributed by atoms with Crippen LogP contribution in [0.4, 0.5) is 5.69 Å². The van der Waals surface area contributed by atoms with Crippen molar-refractivity contribution in [1.82, 2.24) is 0 Å². The molecule has 0 radical (unpaired) electrons. The van der Waals surface area contributed by atoms with Crippen molar-refractivity contribution < 1.29 is 17.9 Å². The predicted molar refractivity (Wildman–Crippen MR) is 102 cm³/mol. The van der Waals surface area contributed by atoms with Gasteiger partial charge in [0.25, 0.3) is 10.0 Å². The molecule has 3 rings (SSSR count). The number of benzene rings is 3. The quantitative estimate of drug-likeness (QED) is 0.549. The van der Waals surface area contributed by atoms with Crippen LogP contribution in [0.15, 0.2) is 78.2 Å². The lowest BCUT2D eigenvalue weighted by molar-refractivity contribution is -0.133. The first-order valence-electron chi connectivity index (χ1n) is 7.80. The number of methoxy groups -OCH3 is 1. The van der Waals surface area contributed by atoms with Gasteiger partial charge in [0.05, 0.1) is 23.3 Å². The first-order chi connectivity index (χ1) is 12.4. The standard InChI is InChI=1S/C20H17NO4S/c1-14(20(22)25-2)15-10-12-17(13-11-15)26(23,24)21-19-9-5-7-16-6-3-4-8-18(16)19/h3-13,21H,1H2,2H3. The minimum absolute atomic E-state index is 0.0897. The molecule has 1 N–H and O–H groups in total. The van der Waals surface area contributed by atoms with Gasteiger partial charge in [-0.15, -0.1) is 0 Å². The molecular formula is C20H17NO4S. The highest BCUT2D eigenvalue weighted by molar-refractivity contribution is 7.92. The van der Waals surface area contributed by atoms with E-state index in [4.69, 9.17) is 0 Å². The van der Waals surface area contributed by atoms with Gasteiger partial charge in [0.15, 0.2) is 0 Å². The number of rotatable bonds is 5. The van der Waals surface area contributed by atoms with Crippen LogP contribution in [0.5, 0.6) is 0 Å². The number of hydrogen-bond acceptors (Lipinski definition) is 4. The van der Waals surface area contributed by atoms with E-state index < -0.39 is 16.0 Å². The molecule has 5 nitrogen and oxygen atoms in total. The molecule has 0 aliphatic rings. The average Bonchev–Trinajstić information content (AvgIpc) is 2.67. The summed E-state index contributed by atoms with van der Waals surface area (Å²) in [6.45, 7) is 3.65. The number of fused-ring (bicyclic) bond motifs is 1. The second-order valence-electron chi connectivity index (χ2n) is 5.63. The van der Waals surface area contributed by atoms with E-state index in [1.807, 2.05) is 30.3 Å². The molecule has 3 aromatic carbocycles. The lowest BCUT2D eigenvalue weighted by atomic mass is 10.1. The number of carbonyl (C=O) groups is 1. The third kappa shape index (κ3) is 3.45. The largest absolute Gasteiger partial charge is 0.465 e. The van der Waals surface area contributed by atoms with E-state index in [2.05, 4.69) is 16.0 Å². The van der Waals surface area contributed by atoms with Crippen molar-refractivity contribution in [3.63, 3.8) is 0 Å². The van der Waals surface area contributed by atoms with Crippen molar-refractivity contribution in [3.05, 3.63) is 78.9 Å². The Morgan fingerprint density at radius 3 is 2.31 bits per heavy atom. The highest BCUT2D eigenvalue weighted by Crippen LogP contribution is 2.26. The molecule has 0 unspecified atom stereocenters. The molecule has 0 saturated heterocycles. The second-order valence-corrected chi connectivity index (χ2v) is 7.31. The lowest BCUT2D eigenvalue weighted by Gasteiger charge is -2.11. The molecule has 0 spiro atoms. The molecule has 0 saturated carbocycles. The Balaban J connectivity index is 1.91. The number of hydrogen-bond donors (Lipinski definition) is 1. The topological polar surface area (TPSA) is 72.5 Å². The van der Waals surface area contributed by atoms with Crippen molar-refractivity contribution in [2.75, 3.05) is 11.8 Å². The van der Waals surface area contributed by atoms with E-state index in [-0.39, 0.29) is 10.5 Å². The molecule has 0 aromatic heterocycles. The zero-order valence-electron chi connectivity index (χ0n) is 14.1. The van der Waals surface area contributed by atoms with Gasteiger partial charge in [-0.05, 0) is 29.1 Å². The first-order valence-corrected chi connectivity index (χ1v) is 9.29. The molecule has 132 valence electrons. The third-order valence-electron chi connectivity index (χ3n) is 3.98. The smallest absolute Gasteiger partial charge is 0.337 e. The van der Waals surface area contributed by atoms with Crippen LogP contribution >= 0.6 is 0 Å². The van der Waals surface area contributed by atoms with Gasteiger partial charge < -0.3 is 4.74 Å². The van der Waals surface area contributed by atoms with Crippen LogP contribution < -0.4 is 4.72 Å². The monoisotopic (exact) mass is 367 g/mol. The van der Waals surface area contributed by atoms with E-state index in [9.17, 15) is 13.2 Å². The van der Waals surface area contributed by atoms with Gasteiger partial charge in [-0.25, -0.2) is 13.2 Å². The van der Waals surface area contributed by atoms with Crippen molar-refractivity contribution in [2.45, 2.75) is 4.90 Å². The zero-order valence-corrected chi connectivity index (χ0v) is 14.9. The molecule has 0 fully saturated rings. The number of ether oxygens (including phenoxy) is 1. The summed E-state index contributed by atoms with van der Waals surface area (Å²) < 4.78 is 32.6. The number of esters is 1. The molecule has 0 aliphatic carbocycles. The fourth-order valence-corrected chi connectivity index (χ4v) is 3.67. The Morgan fingerprint density at radius 2 is 1.62 bits per heavy atom. The summed E-state index contributed by atoms with van der Waals surface area (Å²) in [6.07, 6.45) is 0. The molecule has 0 bridgehead atoms. The maximum absolute atomic E-state index is 12.7. The second kappa shape index (κ2) is 7.01. The maximum atomic E-state index is 12.7. The van der Waals surface area contributed by atoms with Gasteiger partial charge in [0.1, 0.15) is 0 Å². The van der Waals surface area contributed by atoms with Gasteiger partial charge in [-0.3, -0.25) is 4.72 Å². The van der Waals surface area contributed by atoms with Crippen LogP contribution in [-0.4, -0.2) is 21.5 Å². The van der Waals surface area contributed by atoms with Crippen LogP contribution in [0.3, 0.4) is 0 Å². The van der Waals surface area contributed by atoms with Crippen LogP contribution in [0.1, 0.15) is 5.56 Å². The molecular weight excluding hydrogens is 350 g/mol. The molecule has 26 heavy (non-hydrogen) atoms. The molecule has 0 aliphatic heterocycles. The fraction of sp³-hybridized carbons (Fsp3) is 0.0500. The van der Waals surface area contributed by atoms with Crippen LogP contribution in [0, 0.1) is 0 Å². The van der Waals surface area contributed by atoms with E-state index in [0.29, 0.717) is 11.3 Å². The summed E-state index contributed by atoms with van der Waals surface area (Å²) in [7, 11) is -2.50. The van der Waals surface area contributed by atoms with Crippen molar-refractivity contribution in [1.29, 1.82) is 0 Å². The Bertz CT molecular complexity index is 1080. The molecule has 3 aromatic rings. The Kier molecular flexibility index (Phi) is 4.77. The Hall–Kier alpha value is -3.12. The minimum Gasteiger partial charge on any atom is -0.465 e. The van der Waals surface area contributed by atoms with Crippen molar-refractivity contribution in [2.24, 2.45) is 0 Å². The number of sulfonamides is 1. The summed E-state index contributed by atoms with van der Waals surface area (Å²) in [4.78, 5) is 11.6. The number of nitrogens with one attached hydrogen (secondary N) is 1. The van der Waals surface area contributed by atoms with Crippen LogP contribution in [0.25, 0.3) is 16.3 Å². The summed E-state index contributed by atoms with van der Waals surface area (Å²) in [5.41, 5.74) is 1.17. The van der Waals surface area contributed by atoms with Crippen molar-refractivity contribution >= 4 is 38.0 Å². The molecule has 0 amide bonds. The summed E-state index contributed by atoms with van der Waals surface area (Å²) in [5.74, 6) is -0.561. The molecule has 0 heterocycles. The number of carbonyl (C=O) groups excluding carboxylic acids is 1. The van der Waals surface area contributed by atoms with Crippen LogP contribution in [0.2, 0.25) is 0 Å². The van der Waals surface area contributed by atoms with Crippen molar-refractivity contribution in [3.8, 4) is 0 Å². The van der Waals surface area contributed by atoms with Gasteiger partial charge in [-0.2, -0.15) is 0 Å². The lowest BCUT2D eigenvalue weighted by Crippen LogP contribution is -2.13. The summed E-state index contributed by atoms with van der Waals surface area (Å²) in [6, 6.07) is 18.9. The van der Waals surface area contributed by atoms with Gasteiger partial charge in [0.2, 0.25) is 0 Å². The normalized spacial score (nSPS) is 11.1. The molecule has 6 heteroatoms. The van der Waals surface area contributed by atoms with Gasteiger partial charge >= 0.3 is 5.97 Å². The first kappa shape index (κ1) is 17.7. The van der Waals surface area contributed by atoms with Crippen LogP contribution in [-0.2, 0) is 19.6 Å². The Morgan fingerprint density at radius 1 is 0.962 bits per heavy atom. The average molecular weight is 367 g/mol. The van der Waals surface area contributed by atoms with Gasteiger partial charge in [-0.1, -0.05) is 55.1 Å². The molecule has 0 atom stereocenters. The summed E-state index contributed by atoms with van der Waals surface area (Å²) in [5, 5.41) is 1.76. The SMILES string of the molecule is C=C(C(=O)OC)c1ccc(S(=O)(=O)Nc2cccc3ccccc23)cc1. The van der Waals surface area contributed by atoms with E-state index in [1.54, 1.807) is 12.1 Å². The van der Waals surface area contributed by atoms with E-state index in [0.717, 1.165) is 10.8 Å². The highest BCUT2D eigenvalue weighted by atomic mass is 32.2. The van der Waals surface area contributed by atoms with Gasteiger partial charge in [0, 0.05) is 5.39 Å². The zero-order chi connectivity index (χ0) is 18.7. The maximum Gasteiger partial charge on any atom is 0.337 e. The minimum atomic E-state index is -3.77.